The number of nitrogens with two attached hydrogens (primary N) is 1. The molecule has 2 unspecified atom stereocenters. The lowest BCUT2D eigenvalue weighted by molar-refractivity contribution is -0.119. The number of amides is 1. The molecule has 1 aliphatic rings. The lowest BCUT2D eigenvalue weighted by Gasteiger charge is -2.12. The lowest BCUT2D eigenvalue weighted by atomic mass is 10.1. The Morgan fingerprint density at radius 1 is 1.08 bits per heavy atom. The molecule has 3 N–H and O–H groups in total. The Morgan fingerprint density at radius 2 is 1.84 bits per heavy atom. The SMILES string of the molecule is NC1CCC(C(=O)Nc2cccc(CS(=O)(=O)c3ccccc3)c2)C1. The molecule has 1 saturated carbocycles. The topological polar surface area (TPSA) is 89.3 Å². The highest BCUT2D eigenvalue weighted by atomic mass is 32.2. The van der Waals surface area contributed by atoms with Crippen LogP contribution in [0.5, 0.6) is 0 Å². The number of carbonyl (C=O) groups excluding carboxylic acids is 1. The fourth-order valence-electron chi connectivity index (χ4n) is 3.17. The molecule has 0 saturated heterocycles. The van der Waals surface area contributed by atoms with Gasteiger partial charge in [0.2, 0.25) is 5.91 Å². The van der Waals surface area contributed by atoms with Crippen molar-refractivity contribution in [2.75, 3.05) is 5.32 Å². The third-order valence-electron chi connectivity index (χ3n) is 4.50. The predicted octanol–water partition coefficient (Wildman–Crippen LogP) is 2.73. The first kappa shape index (κ1) is 17.6. The highest BCUT2D eigenvalue weighted by Gasteiger charge is 2.27. The second kappa shape index (κ2) is 7.37. The van der Waals surface area contributed by atoms with Crippen LogP contribution in [-0.4, -0.2) is 20.4 Å². The maximum absolute atomic E-state index is 12.5. The minimum Gasteiger partial charge on any atom is -0.328 e. The Bertz CT molecular complexity index is 850. The zero-order valence-electron chi connectivity index (χ0n) is 13.9. The van der Waals surface area contributed by atoms with Crippen LogP contribution in [-0.2, 0) is 20.4 Å². The third kappa shape index (κ3) is 4.46. The van der Waals surface area contributed by atoms with Gasteiger partial charge in [-0.1, -0.05) is 30.3 Å². The van der Waals surface area contributed by atoms with Crippen molar-refractivity contribution in [2.24, 2.45) is 11.7 Å². The van der Waals surface area contributed by atoms with Gasteiger partial charge in [0.05, 0.1) is 10.6 Å². The van der Waals surface area contributed by atoms with Gasteiger partial charge in [-0.15, -0.1) is 0 Å². The van der Waals surface area contributed by atoms with E-state index in [-0.39, 0.29) is 23.6 Å². The van der Waals surface area contributed by atoms with Gasteiger partial charge in [0.15, 0.2) is 9.84 Å². The smallest absolute Gasteiger partial charge is 0.227 e. The van der Waals surface area contributed by atoms with E-state index in [9.17, 15) is 13.2 Å². The van der Waals surface area contributed by atoms with Crippen molar-refractivity contribution in [1.29, 1.82) is 0 Å². The molecule has 2 aromatic carbocycles. The van der Waals surface area contributed by atoms with Gasteiger partial charge in [0.1, 0.15) is 0 Å². The van der Waals surface area contributed by atoms with Gasteiger partial charge >= 0.3 is 0 Å². The third-order valence-corrected chi connectivity index (χ3v) is 6.20. The van der Waals surface area contributed by atoms with Crippen molar-refractivity contribution >= 4 is 21.4 Å². The van der Waals surface area contributed by atoms with Crippen LogP contribution in [0.15, 0.2) is 59.5 Å². The van der Waals surface area contributed by atoms with Gasteiger partial charge in [-0.3, -0.25) is 4.79 Å². The van der Waals surface area contributed by atoms with E-state index in [2.05, 4.69) is 5.32 Å². The summed E-state index contributed by atoms with van der Waals surface area (Å²) in [7, 11) is -3.41. The summed E-state index contributed by atoms with van der Waals surface area (Å²) < 4.78 is 25.0. The van der Waals surface area contributed by atoms with E-state index in [4.69, 9.17) is 5.73 Å². The zero-order chi connectivity index (χ0) is 17.9. The normalized spacial score (nSPS) is 20.4. The molecule has 1 amide bonds. The molecule has 1 fully saturated rings. The predicted molar refractivity (Wildman–Crippen MR) is 97.7 cm³/mol. The molecular weight excluding hydrogens is 336 g/mol. The average molecular weight is 358 g/mol. The summed E-state index contributed by atoms with van der Waals surface area (Å²) in [5, 5.41) is 2.88. The van der Waals surface area contributed by atoms with Crippen molar-refractivity contribution in [3.8, 4) is 0 Å². The van der Waals surface area contributed by atoms with E-state index in [1.54, 1.807) is 54.6 Å². The van der Waals surface area contributed by atoms with Crippen molar-refractivity contribution < 1.29 is 13.2 Å². The molecular formula is C19H22N2O3S. The summed E-state index contributed by atoms with van der Waals surface area (Å²) in [4.78, 5) is 12.6. The van der Waals surface area contributed by atoms with Crippen LogP contribution in [0.3, 0.4) is 0 Å². The first-order valence-electron chi connectivity index (χ1n) is 8.37. The van der Waals surface area contributed by atoms with Crippen LogP contribution in [0.4, 0.5) is 5.69 Å². The molecule has 0 heterocycles. The van der Waals surface area contributed by atoms with Crippen LogP contribution in [0.2, 0.25) is 0 Å². The lowest BCUT2D eigenvalue weighted by Crippen LogP contribution is -2.23. The fraction of sp³-hybridized carbons (Fsp3) is 0.316. The molecule has 0 aromatic heterocycles. The standard InChI is InChI=1S/C19H22N2O3S/c20-16-10-9-15(12-16)19(22)21-17-6-4-5-14(11-17)13-25(23,24)18-7-2-1-3-8-18/h1-8,11,15-16H,9-10,12-13,20H2,(H,21,22). The van der Waals surface area contributed by atoms with E-state index in [0.29, 0.717) is 22.6 Å². The van der Waals surface area contributed by atoms with Crippen LogP contribution < -0.4 is 11.1 Å². The minimum absolute atomic E-state index is 0.0454. The quantitative estimate of drug-likeness (QED) is 0.860. The zero-order valence-corrected chi connectivity index (χ0v) is 14.7. The molecule has 2 atom stereocenters. The Kier molecular flexibility index (Phi) is 5.20. The second-order valence-corrected chi connectivity index (χ2v) is 8.52. The molecule has 1 aliphatic carbocycles. The van der Waals surface area contributed by atoms with Crippen LogP contribution in [0.1, 0.15) is 24.8 Å². The first-order chi connectivity index (χ1) is 11.9. The number of hydrogen-bond donors (Lipinski definition) is 2. The average Bonchev–Trinajstić information content (AvgIpc) is 3.02. The summed E-state index contributed by atoms with van der Waals surface area (Å²) in [5.41, 5.74) is 7.12. The summed E-state index contributed by atoms with van der Waals surface area (Å²) >= 11 is 0. The number of sulfone groups is 1. The summed E-state index contributed by atoms with van der Waals surface area (Å²) in [6, 6.07) is 15.5. The molecule has 0 radical (unpaired) electrons. The Balaban J connectivity index is 1.70. The van der Waals surface area contributed by atoms with Crippen LogP contribution >= 0.6 is 0 Å². The molecule has 6 heteroatoms. The summed E-state index contributed by atoms with van der Waals surface area (Å²) in [6.45, 7) is 0. The van der Waals surface area contributed by atoms with Gasteiger partial charge in [-0.05, 0) is 49.1 Å². The number of rotatable bonds is 5. The molecule has 5 nitrogen and oxygen atoms in total. The highest BCUT2D eigenvalue weighted by Crippen LogP contribution is 2.26. The largest absolute Gasteiger partial charge is 0.328 e. The van der Waals surface area contributed by atoms with E-state index in [1.165, 1.54) is 0 Å². The summed E-state index contributed by atoms with van der Waals surface area (Å²) in [6.07, 6.45) is 2.37. The maximum atomic E-state index is 12.5. The molecule has 0 bridgehead atoms. The first-order valence-corrected chi connectivity index (χ1v) is 10.0. The van der Waals surface area contributed by atoms with Crippen LogP contribution in [0.25, 0.3) is 0 Å². The fourth-order valence-corrected chi connectivity index (χ4v) is 4.53. The van der Waals surface area contributed by atoms with E-state index >= 15 is 0 Å². The van der Waals surface area contributed by atoms with E-state index < -0.39 is 9.84 Å². The number of benzene rings is 2. The molecule has 2 aromatic rings. The van der Waals surface area contributed by atoms with Crippen LogP contribution in [0, 0.1) is 5.92 Å². The van der Waals surface area contributed by atoms with Gasteiger partial charge in [-0.25, -0.2) is 8.42 Å². The Morgan fingerprint density at radius 3 is 2.52 bits per heavy atom. The molecule has 3 rings (SSSR count). The number of hydrogen-bond acceptors (Lipinski definition) is 4. The minimum atomic E-state index is -3.41. The number of nitrogens with one attached hydrogen (secondary N) is 1. The van der Waals surface area contributed by atoms with E-state index in [1.807, 2.05) is 0 Å². The Labute approximate surface area is 148 Å². The highest BCUT2D eigenvalue weighted by molar-refractivity contribution is 7.90. The molecule has 132 valence electrons. The summed E-state index contributed by atoms with van der Waals surface area (Å²) in [5.74, 6) is -0.211. The maximum Gasteiger partial charge on any atom is 0.227 e. The van der Waals surface area contributed by atoms with Gasteiger partial charge < -0.3 is 11.1 Å². The molecule has 25 heavy (non-hydrogen) atoms. The second-order valence-electron chi connectivity index (χ2n) is 6.53. The monoisotopic (exact) mass is 358 g/mol. The van der Waals surface area contributed by atoms with E-state index in [0.717, 1.165) is 12.8 Å². The Hall–Kier alpha value is -2.18. The number of carbonyl (C=O) groups is 1. The molecule has 0 spiro atoms. The van der Waals surface area contributed by atoms with Gasteiger partial charge in [-0.2, -0.15) is 0 Å². The van der Waals surface area contributed by atoms with Gasteiger partial charge in [0, 0.05) is 17.6 Å². The van der Waals surface area contributed by atoms with Crippen molar-refractivity contribution in [3.05, 3.63) is 60.2 Å². The molecule has 0 aliphatic heterocycles. The number of anilines is 1. The van der Waals surface area contributed by atoms with Crippen molar-refractivity contribution in [3.63, 3.8) is 0 Å². The van der Waals surface area contributed by atoms with Crippen molar-refractivity contribution in [2.45, 2.75) is 36.0 Å². The van der Waals surface area contributed by atoms with Gasteiger partial charge in [0.25, 0.3) is 0 Å². The van der Waals surface area contributed by atoms with Crippen molar-refractivity contribution in [1.82, 2.24) is 0 Å².